The van der Waals surface area contributed by atoms with Gasteiger partial charge < -0.3 is 15.4 Å². The van der Waals surface area contributed by atoms with Crippen molar-refractivity contribution in [1.29, 1.82) is 0 Å². The molecule has 1 amide bonds. The minimum atomic E-state index is -4.98. The number of rotatable bonds is 7. The number of alkyl halides is 3. The van der Waals surface area contributed by atoms with Gasteiger partial charge in [-0.1, -0.05) is 12.1 Å². The molecule has 5 rings (SSSR count). The fourth-order valence-electron chi connectivity index (χ4n) is 3.85. The third-order valence-electron chi connectivity index (χ3n) is 5.66. The van der Waals surface area contributed by atoms with Crippen molar-refractivity contribution in [3.05, 3.63) is 114 Å². The van der Waals surface area contributed by atoms with E-state index < -0.39 is 35.0 Å². The van der Waals surface area contributed by atoms with E-state index in [9.17, 15) is 26.7 Å². The number of ether oxygens (including phenoxy) is 1. The van der Waals surface area contributed by atoms with Crippen LogP contribution in [-0.2, 0) is 6.18 Å². The van der Waals surface area contributed by atoms with Crippen molar-refractivity contribution < 1.29 is 31.5 Å². The largest absolute Gasteiger partial charge is 0.436 e. The number of carbonyl (C=O) groups excluding carboxylic acids is 1. The third-order valence-corrected chi connectivity index (χ3v) is 5.66. The van der Waals surface area contributed by atoms with Gasteiger partial charge in [0.05, 0.1) is 17.4 Å². The number of hydrogen-bond acceptors (Lipinski definition) is 6. The predicted molar refractivity (Wildman–Crippen MR) is 139 cm³/mol. The van der Waals surface area contributed by atoms with Gasteiger partial charge in [0, 0.05) is 29.7 Å². The molecule has 0 unspecified atom stereocenters. The lowest BCUT2D eigenvalue weighted by Gasteiger charge is -2.13. The van der Waals surface area contributed by atoms with Crippen LogP contribution in [0.25, 0.3) is 5.69 Å². The van der Waals surface area contributed by atoms with E-state index in [2.05, 4.69) is 25.7 Å². The summed E-state index contributed by atoms with van der Waals surface area (Å²) in [6.45, 7) is 1.93. The van der Waals surface area contributed by atoms with E-state index in [0.717, 1.165) is 47.8 Å². The fraction of sp³-hybridized carbons (Fsp3) is 0.0714. The quantitative estimate of drug-likeness (QED) is 0.205. The molecule has 5 aromatic rings. The van der Waals surface area contributed by atoms with E-state index in [0.29, 0.717) is 4.68 Å². The highest BCUT2D eigenvalue weighted by Gasteiger charge is 2.40. The summed E-state index contributed by atoms with van der Waals surface area (Å²) in [6, 6.07) is 16.3. The molecule has 0 atom stereocenters. The summed E-state index contributed by atoms with van der Waals surface area (Å²) in [7, 11) is 0. The van der Waals surface area contributed by atoms with Crippen molar-refractivity contribution in [3.63, 3.8) is 0 Å². The Morgan fingerprint density at radius 1 is 0.951 bits per heavy atom. The molecule has 208 valence electrons. The number of amides is 1. The summed E-state index contributed by atoms with van der Waals surface area (Å²) in [5.41, 5.74) is -0.657. The highest BCUT2D eigenvalue weighted by atomic mass is 19.4. The van der Waals surface area contributed by atoms with Crippen molar-refractivity contribution in [2.24, 2.45) is 0 Å². The van der Waals surface area contributed by atoms with E-state index in [1.807, 2.05) is 31.2 Å². The number of hydrogen-bond donors (Lipinski definition) is 2. The Labute approximate surface area is 229 Å². The number of nitrogens with one attached hydrogen (secondary N) is 2. The molecular formula is C28H19F5N6O2. The van der Waals surface area contributed by atoms with Crippen molar-refractivity contribution >= 4 is 23.2 Å². The first-order chi connectivity index (χ1) is 19.6. The minimum Gasteiger partial charge on any atom is -0.436 e. The van der Waals surface area contributed by atoms with Crippen LogP contribution in [0.4, 0.5) is 39.3 Å². The van der Waals surface area contributed by atoms with Crippen LogP contribution in [0.3, 0.4) is 0 Å². The highest BCUT2D eigenvalue weighted by molar-refractivity contribution is 6.05. The minimum absolute atomic E-state index is 0.0221. The molecule has 3 aromatic carbocycles. The Morgan fingerprint density at radius 2 is 1.73 bits per heavy atom. The Hall–Kier alpha value is -5.33. The van der Waals surface area contributed by atoms with Crippen LogP contribution in [-0.4, -0.2) is 25.7 Å². The van der Waals surface area contributed by atoms with E-state index in [-0.39, 0.29) is 29.0 Å². The lowest BCUT2D eigenvalue weighted by Crippen LogP contribution is -2.20. The van der Waals surface area contributed by atoms with Crippen LogP contribution in [0.1, 0.15) is 21.6 Å². The van der Waals surface area contributed by atoms with Crippen molar-refractivity contribution in [3.8, 4) is 17.3 Å². The molecule has 0 spiro atoms. The normalized spacial score (nSPS) is 11.3. The van der Waals surface area contributed by atoms with Gasteiger partial charge in [-0.05, 0) is 61.0 Å². The lowest BCUT2D eigenvalue weighted by atomic mass is 10.2. The topological polar surface area (TPSA) is 94.0 Å². The number of aromatic nitrogens is 4. The molecule has 0 aliphatic carbocycles. The zero-order chi connectivity index (χ0) is 29.1. The van der Waals surface area contributed by atoms with Crippen LogP contribution < -0.4 is 15.4 Å². The second-order valence-electron chi connectivity index (χ2n) is 8.71. The van der Waals surface area contributed by atoms with Gasteiger partial charge in [-0.15, -0.1) is 0 Å². The Balaban J connectivity index is 1.32. The number of benzene rings is 3. The molecule has 0 radical (unpaired) electrons. The molecule has 2 heterocycles. The average Bonchev–Trinajstić information content (AvgIpc) is 3.37. The molecule has 2 N–H and O–H groups in total. The summed E-state index contributed by atoms with van der Waals surface area (Å²) in [5.74, 6) is -2.76. The molecule has 0 aliphatic heterocycles. The molecule has 0 saturated carbocycles. The zero-order valence-corrected chi connectivity index (χ0v) is 21.1. The third kappa shape index (κ3) is 6.30. The zero-order valence-electron chi connectivity index (χ0n) is 21.1. The van der Waals surface area contributed by atoms with Crippen LogP contribution in [0.2, 0.25) is 0 Å². The molecule has 41 heavy (non-hydrogen) atoms. The maximum atomic E-state index is 14.8. The van der Waals surface area contributed by atoms with Gasteiger partial charge >= 0.3 is 6.18 Å². The highest BCUT2D eigenvalue weighted by Crippen LogP contribution is 2.34. The summed E-state index contributed by atoms with van der Waals surface area (Å²) in [5, 5.41) is 8.91. The SMILES string of the molecule is Cc1cccc(Nc2nccc(Oc3ccc(NC(=O)c4cnn(-c5ccc(F)cc5)c4C(F)(F)F)cc3F)n2)c1. The van der Waals surface area contributed by atoms with Gasteiger partial charge in [0.25, 0.3) is 5.91 Å². The molecular weight excluding hydrogens is 547 g/mol. The molecule has 0 aliphatic rings. The monoisotopic (exact) mass is 566 g/mol. The Kier molecular flexibility index (Phi) is 7.34. The molecule has 0 saturated heterocycles. The van der Waals surface area contributed by atoms with E-state index in [1.54, 1.807) is 0 Å². The summed E-state index contributed by atoms with van der Waals surface area (Å²) in [6.07, 6.45) is -2.84. The number of anilines is 3. The van der Waals surface area contributed by atoms with Crippen LogP contribution >= 0.6 is 0 Å². The fourth-order valence-corrected chi connectivity index (χ4v) is 3.85. The van der Waals surface area contributed by atoms with Crippen LogP contribution in [0.5, 0.6) is 11.6 Å². The second-order valence-corrected chi connectivity index (χ2v) is 8.71. The number of carbonyl (C=O) groups is 1. The van der Waals surface area contributed by atoms with Gasteiger partial charge in [-0.2, -0.15) is 23.3 Å². The summed E-state index contributed by atoms with van der Waals surface area (Å²) in [4.78, 5) is 21.1. The van der Waals surface area contributed by atoms with Gasteiger partial charge in [-0.25, -0.2) is 18.4 Å². The number of aryl methyl sites for hydroxylation is 1. The smallest absolute Gasteiger partial charge is 0.434 e. The maximum absolute atomic E-state index is 14.8. The van der Waals surface area contributed by atoms with Gasteiger partial charge in [-0.3, -0.25) is 4.79 Å². The lowest BCUT2D eigenvalue weighted by molar-refractivity contribution is -0.143. The molecule has 0 fully saturated rings. The number of nitrogens with zero attached hydrogens (tertiary/aromatic N) is 4. The van der Waals surface area contributed by atoms with Crippen molar-refractivity contribution in [2.75, 3.05) is 10.6 Å². The first kappa shape index (κ1) is 27.2. The van der Waals surface area contributed by atoms with Gasteiger partial charge in [0.15, 0.2) is 17.3 Å². The molecule has 8 nitrogen and oxygen atoms in total. The second kappa shape index (κ2) is 11.0. The molecule has 0 bridgehead atoms. The van der Waals surface area contributed by atoms with Crippen molar-refractivity contribution in [2.45, 2.75) is 13.1 Å². The maximum Gasteiger partial charge on any atom is 0.434 e. The Morgan fingerprint density at radius 3 is 2.44 bits per heavy atom. The van der Waals surface area contributed by atoms with Crippen LogP contribution in [0.15, 0.2) is 85.2 Å². The van der Waals surface area contributed by atoms with Crippen LogP contribution in [0, 0.1) is 18.6 Å². The molecule has 13 heteroatoms. The summed E-state index contributed by atoms with van der Waals surface area (Å²) >= 11 is 0. The summed E-state index contributed by atoms with van der Waals surface area (Å²) < 4.78 is 75.8. The van der Waals surface area contributed by atoms with Gasteiger partial charge in [0.2, 0.25) is 11.8 Å². The van der Waals surface area contributed by atoms with Crippen molar-refractivity contribution in [1.82, 2.24) is 19.7 Å². The molecule has 2 aromatic heterocycles. The van der Waals surface area contributed by atoms with E-state index in [4.69, 9.17) is 4.74 Å². The first-order valence-corrected chi connectivity index (χ1v) is 11.9. The van der Waals surface area contributed by atoms with E-state index >= 15 is 0 Å². The first-order valence-electron chi connectivity index (χ1n) is 11.9. The predicted octanol–water partition coefficient (Wildman–Crippen LogP) is 7.06. The Bertz CT molecular complexity index is 1720. The van der Waals surface area contributed by atoms with E-state index in [1.165, 1.54) is 24.4 Å². The standard InChI is InChI=1S/C28H19F5N6O2/c1-16-3-2-4-18(13-16)37-27-34-12-11-24(38-27)41-23-10-7-19(14-22(23)30)36-26(40)21-15-35-39(25(21)28(31,32)33)20-8-5-17(29)6-9-20/h2-15H,1H3,(H,36,40)(H,34,37,38). The van der Waals surface area contributed by atoms with Gasteiger partial charge in [0.1, 0.15) is 5.82 Å². The average molecular weight is 566 g/mol. The number of halogens is 5.